The van der Waals surface area contributed by atoms with Crippen LogP contribution in [0.25, 0.3) is 0 Å². The average Bonchev–Trinajstić information content (AvgIpc) is 2.52. The van der Waals surface area contributed by atoms with Gasteiger partial charge in [-0.1, -0.05) is 36.4 Å². The van der Waals surface area contributed by atoms with Crippen LogP contribution in [0.1, 0.15) is 17.2 Å². The van der Waals surface area contributed by atoms with Crippen LogP contribution >= 0.6 is 0 Å². The van der Waals surface area contributed by atoms with Crippen LogP contribution in [0, 0.1) is 0 Å². The van der Waals surface area contributed by atoms with Gasteiger partial charge < -0.3 is 22.4 Å². The smallest absolute Gasteiger partial charge is 0.491 e. The van der Waals surface area contributed by atoms with Crippen molar-refractivity contribution in [1.82, 2.24) is 0 Å². The molecule has 0 aliphatic carbocycles. The fourth-order valence-electron chi connectivity index (χ4n) is 2.57. The van der Waals surface area contributed by atoms with Crippen LogP contribution in [0.3, 0.4) is 0 Å². The Kier molecular flexibility index (Phi) is 6.77. The van der Waals surface area contributed by atoms with Gasteiger partial charge in [0.05, 0.1) is 6.61 Å². The summed E-state index contributed by atoms with van der Waals surface area (Å²) in [5, 5.41) is 0. The van der Waals surface area contributed by atoms with Crippen molar-refractivity contribution in [2.75, 3.05) is 13.2 Å². The SMILES string of the molecule is F[B-](F)(F)c1ccc(OCC2OCCc3ccccc32)cc1.[K+]. The summed E-state index contributed by atoms with van der Waals surface area (Å²) in [5.41, 5.74) is 1.70. The van der Waals surface area contributed by atoms with E-state index in [2.05, 4.69) is 6.07 Å². The van der Waals surface area contributed by atoms with Crippen molar-refractivity contribution in [3.05, 3.63) is 59.7 Å². The van der Waals surface area contributed by atoms with Crippen molar-refractivity contribution in [2.45, 2.75) is 12.5 Å². The van der Waals surface area contributed by atoms with Gasteiger partial charge in [-0.05, 0) is 29.7 Å². The summed E-state index contributed by atoms with van der Waals surface area (Å²) < 4.78 is 49.0. The Hall–Kier alpha value is -0.309. The Bertz CT molecular complexity index is 647. The Morgan fingerprint density at radius 1 is 1.04 bits per heavy atom. The van der Waals surface area contributed by atoms with E-state index >= 15 is 0 Å². The van der Waals surface area contributed by atoms with E-state index in [0.717, 1.165) is 24.1 Å². The molecule has 0 fully saturated rings. The Morgan fingerprint density at radius 3 is 2.43 bits per heavy atom. The largest absolute Gasteiger partial charge is 1.00 e. The van der Waals surface area contributed by atoms with Crippen LogP contribution in [0.4, 0.5) is 12.9 Å². The van der Waals surface area contributed by atoms with Gasteiger partial charge in [-0.15, -0.1) is 5.46 Å². The van der Waals surface area contributed by atoms with E-state index in [1.807, 2.05) is 18.2 Å². The van der Waals surface area contributed by atoms with Crippen LogP contribution in [-0.4, -0.2) is 20.2 Å². The van der Waals surface area contributed by atoms with Gasteiger partial charge >= 0.3 is 58.4 Å². The molecule has 7 heteroatoms. The quantitative estimate of drug-likeness (QED) is 0.748. The van der Waals surface area contributed by atoms with E-state index in [1.165, 1.54) is 17.7 Å². The van der Waals surface area contributed by atoms with Gasteiger partial charge in [0.1, 0.15) is 18.5 Å². The molecule has 0 saturated carbocycles. The molecular weight excluding hydrogens is 331 g/mol. The maximum Gasteiger partial charge on any atom is 1.00 e. The van der Waals surface area contributed by atoms with Crippen LogP contribution in [0.15, 0.2) is 48.5 Å². The first-order valence-corrected chi connectivity index (χ1v) is 7.16. The van der Waals surface area contributed by atoms with Crippen molar-refractivity contribution in [2.24, 2.45) is 0 Å². The molecule has 0 amide bonds. The second-order valence-electron chi connectivity index (χ2n) is 5.26. The summed E-state index contributed by atoms with van der Waals surface area (Å²) in [7, 11) is 0. The molecule has 1 heterocycles. The van der Waals surface area contributed by atoms with Crippen LogP contribution in [-0.2, 0) is 11.2 Å². The zero-order valence-electron chi connectivity index (χ0n) is 12.8. The molecule has 1 aliphatic rings. The molecule has 2 aromatic rings. The first-order chi connectivity index (χ1) is 10.5. The zero-order valence-corrected chi connectivity index (χ0v) is 16.0. The number of hydrogen-bond donors (Lipinski definition) is 0. The second-order valence-corrected chi connectivity index (χ2v) is 5.26. The number of rotatable bonds is 4. The molecule has 0 saturated heterocycles. The monoisotopic (exact) mass is 346 g/mol. The molecule has 0 radical (unpaired) electrons. The standard InChI is InChI=1S/C16H15BF3O2.K/c18-17(19,20)13-5-7-14(8-6-13)22-11-16-15-4-2-1-3-12(15)9-10-21-16;/h1-8,16H,9-11H2;/q-1;+1. The topological polar surface area (TPSA) is 18.5 Å². The van der Waals surface area contributed by atoms with Gasteiger partial charge in [-0.25, -0.2) is 0 Å². The average molecular weight is 346 g/mol. The van der Waals surface area contributed by atoms with Gasteiger partial charge in [-0.2, -0.15) is 0 Å². The fourth-order valence-corrected chi connectivity index (χ4v) is 2.57. The summed E-state index contributed by atoms with van der Waals surface area (Å²) in [6, 6.07) is 12.8. The number of fused-ring (bicyclic) bond motifs is 1. The summed E-state index contributed by atoms with van der Waals surface area (Å²) in [5.74, 6) is 0.412. The molecule has 1 atom stereocenters. The third kappa shape index (κ3) is 4.84. The molecule has 116 valence electrons. The van der Waals surface area contributed by atoms with E-state index in [-0.39, 0.29) is 64.1 Å². The zero-order chi connectivity index (χ0) is 15.6. The van der Waals surface area contributed by atoms with E-state index in [9.17, 15) is 12.9 Å². The normalized spacial score (nSPS) is 17.1. The first kappa shape index (κ1) is 19.0. The maximum absolute atomic E-state index is 12.6. The van der Waals surface area contributed by atoms with Crippen LogP contribution in [0.2, 0.25) is 0 Å². The van der Waals surface area contributed by atoms with E-state index < -0.39 is 12.4 Å². The minimum Gasteiger partial charge on any atom is -0.491 e. The molecule has 0 N–H and O–H groups in total. The summed E-state index contributed by atoms with van der Waals surface area (Å²) in [6.07, 6.45) is 0.686. The molecule has 0 aromatic heterocycles. The van der Waals surface area contributed by atoms with Crippen molar-refractivity contribution in [3.63, 3.8) is 0 Å². The Labute approximate surface area is 175 Å². The summed E-state index contributed by atoms with van der Waals surface area (Å²) in [6.45, 7) is -4.05. The van der Waals surface area contributed by atoms with Crippen LogP contribution in [0.5, 0.6) is 5.75 Å². The number of halogens is 3. The third-order valence-electron chi connectivity index (χ3n) is 3.75. The maximum atomic E-state index is 12.6. The van der Waals surface area contributed by atoms with E-state index in [1.54, 1.807) is 0 Å². The molecule has 0 spiro atoms. The van der Waals surface area contributed by atoms with Gasteiger partial charge in [0.2, 0.25) is 0 Å². The van der Waals surface area contributed by atoms with E-state index in [0.29, 0.717) is 12.4 Å². The molecule has 2 aromatic carbocycles. The molecule has 1 aliphatic heterocycles. The van der Waals surface area contributed by atoms with Crippen molar-refractivity contribution < 1.29 is 73.8 Å². The van der Waals surface area contributed by atoms with Crippen molar-refractivity contribution in [3.8, 4) is 5.75 Å². The Balaban J connectivity index is 0.00000192. The number of hydrogen-bond acceptors (Lipinski definition) is 2. The Morgan fingerprint density at radius 2 is 1.74 bits per heavy atom. The predicted molar refractivity (Wildman–Crippen MR) is 79.5 cm³/mol. The molecule has 2 nitrogen and oxygen atoms in total. The number of ether oxygens (including phenoxy) is 2. The van der Waals surface area contributed by atoms with Crippen molar-refractivity contribution in [1.29, 1.82) is 0 Å². The van der Waals surface area contributed by atoms with Gasteiger partial charge in [0.15, 0.2) is 0 Å². The minimum atomic E-state index is -4.96. The van der Waals surface area contributed by atoms with Gasteiger partial charge in [0.25, 0.3) is 0 Å². The van der Waals surface area contributed by atoms with E-state index in [4.69, 9.17) is 9.47 Å². The third-order valence-corrected chi connectivity index (χ3v) is 3.75. The first-order valence-electron chi connectivity index (χ1n) is 7.16. The molecule has 1 unspecified atom stereocenters. The molecule has 3 rings (SSSR count). The molecular formula is C16H15BF3KO2. The van der Waals surface area contributed by atoms with Gasteiger partial charge in [-0.3, -0.25) is 0 Å². The van der Waals surface area contributed by atoms with Gasteiger partial charge in [0, 0.05) is 0 Å². The predicted octanol–water partition coefficient (Wildman–Crippen LogP) is 0.438. The van der Waals surface area contributed by atoms with Crippen LogP contribution < -0.4 is 61.6 Å². The second kappa shape index (κ2) is 8.18. The van der Waals surface area contributed by atoms with Crippen molar-refractivity contribution >= 4 is 12.4 Å². The molecule has 0 bridgehead atoms. The summed E-state index contributed by atoms with van der Waals surface area (Å²) >= 11 is 0. The fraction of sp³-hybridized carbons (Fsp3) is 0.250. The molecule has 23 heavy (non-hydrogen) atoms. The number of benzene rings is 2. The minimum absolute atomic E-state index is 0. The summed E-state index contributed by atoms with van der Waals surface area (Å²) in [4.78, 5) is 0.